The van der Waals surface area contributed by atoms with Gasteiger partial charge in [0, 0.05) is 32.9 Å². The molecule has 230 valence electrons. The number of hydrogen-bond donors (Lipinski definition) is 0. The van der Waals surface area contributed by atoms with Crippen LogP contribution in [0.3, 0.4) is 0 Å². The molecule has 0 atom stereocenters. The van der Waals surface area contributed by atoms with E-state index in [1.165, 1.54) is 19.1 Å². The van der Waals surface area contributed by atoms with Gasteiger partial charge in [-0.3, -0.25) is 0 Å². The molecule has 0 amide bonds. The number of benzene rings is 2. The van der Waals surface area contributed by atoms with Gasteiger partial charge in [0.2, 0.25) is 0 Å². The Labute approximate surface area is 311 Å². The first kappa shape index (κ1) is 10.9. The van der Waals surface area contributed by atoms with Gasteiger partial charge >= 0.3 is 0 Å². The van der Waals surface area contributed by atoms with Crippen molar-refractivity contribution in [2.24, 2.45) is 0 Å². The third kappa shape index (κ3) is 8.41. The highest BCUT2D eigenvalue weighted by molar-refractivity contribution is 5.44. The minimum absolute atomic E-state index is 0.0667. The van der Waals surface area contributed by atoms with E-state index in [0.717, 1.165) is 24.8 Å². The molecule has 0 radical (unpaired) electrons. The molecule has 0 unspecified atom stereocenters. The summed E-state index contributed by atoms with van der Waals surface area (Å²) in [6, 6.07) is 1.71. The van der Waals surface area contributed by atoms with Crippen LogP contribution in [0.2, 0.25) is 0 Å². The van der Waals surface area contributed by atoms with E-state index >= 15 is 0 Å². The van der Waals surface area contributed by atoms with Gasteiger partial charge in [0.15, 0.2) is 0 Å². The van der Waals surface area contributed by atoms with Crippen molar-refractivity contribution in [1.82, 2.24) is 29.5 Å². The molecule has 0 aliphatic rings. The second kappa shape index (κ2) is 13.1. The van der Waals surface area contributed by atoms with Crippen molar-refractivity contribution >= 4 is 0 Å². The molecule has 0 fully saturated rings. The smallest absolute Gasteiger partial charge is 0.147 e. The number of aryl methyl sites for hydroxylation is 1. The van der Waals surface area contributed by atoms with E-state index in [1.54, 1.807) is 0 Å². The van der Waals surface area contributed by atoms with Gasteiger partial charge in [-0.1, -0.05) is 36.3 Å². The highest BCUT2D eigenvalue weighted by Gasteiger charge is 2.27. The summed E-state index contributed by atoms with van der Waals surface area (Å²) in [6.07, 6.45) is 0.791. The van der Waals surface area contributed by atoms with Crippen LogP contribution in [0.25, 0.3) is 0 Å². The van der Waals surface area contributed by atoms with E-state index in [2.05, 4.69) is 20.2 Å². The minimum Gasteiger partial charge on any atom is -0.249 e. The van der Waals surface area contributed by atoms with Gasteiger partial charge in [0.05, 0.1) is 68.5 Å². The summed E-state index contributed by atoms with van der Waals surface area (Å²) in [7, 11) is 0. The predicted octanol–water partition coefficient (Wildman–Crippen LogP) is 6.17. The lowest BCUT2D eigenvalue weighted by Crippen LogP contribution is -2.20. The molecule has 10 heteroatoms. The first-order valence-corrected chi connectivity index (χ1v) is 11.9. The molecule has 2 aromatic heterocycles. The average molecular weight is 633 g/mol. The summed E-state index contributed by atoms with van der Waals surface area (Å²) < 4.78 is 258. The molecule has 10 nitrogen and oxygen atoms in total. The molecule has 0 N–H and O–H groups in total. The maximum atomic E-state index is 9.98. The predicted molar refractivity (Wildman–Crippen MR) is 170 cm³/mol. The highest BCUT2D eigenvalue weighted by Crippen LogP contribution is 2.32. The van der Waals surface area contributed by atoms with Crippen LogP contribution in [0.5, 0.6) is 0 Å². The van der Waals surface area contributed by atoms with Crippen LogP contribution in [0.1, 0.15) is 138 Å². The summed E-state index contributed by atoms with van der Waals surface area (Å²) >= 11 is 0. The molecular weight excluding hydrogens is 560 g/mol. The molecule has 2 aromatic carbocycles. The molecule has 2 heterocycles. The van der Waals surface area contributed by atoms with E-state index in [9.17, 15) is 21.0 Å². The summed E-state index contributed by atoms with van der Waals surface area (Å²) in [5, 5.41) is 47.1. The van der Waals surface area contributed by atoms with Crippen molar-refractivity contribution in [3.8, 4) is 24.3 Å². The zero-order valence-corrected chi connectivity index (χ0v) is 22.9. The van der Waals surface area contributed by atoms with E-state index in [-0.39, 0.29) is 5.82 Å². The van der Waals surface area contributed by atoms with Crippen LogP contribution in [0.15, 0.2) is 55.3 Å². The van der Waals surface area contributed by atoms with Crippen LogP contribution in [-0.4, -0.2) is 29.5 Å². The minimum atomic E-state index is -3.91. The van der Waals surface area contributed by atoms with Crippen LogP contribution >= 0.6 is 0 Å². The fourth-order valence-electron chi connectivity index (χ4n) is 3.13. The quantitative estimate of drug-likeness (QED) is 0.223. The fraction of sp³-hybridized carbons (Fsp3) is 0.429. The Morgan fingerprint density at radius 3 is 1.60 bits per heavy atom. The first-order chi connectivity index (χ1) is 34.2. The van der Waals surface area contributed by atoms with Gasteiger partial charge in [-0.15, -0.1) is 0 Å². The third-order valence-electron chi connectivity index (χ3n) is 5.40. The van der Waals surface area contributed by atoms with Gasteiger partial charge in [-0.2, -0.15) is 31.2 Å². The van der Waals surface area contributed by atoms with Gasteiger partial charge in [0.1, 0.15) is 26.2 Å². The Bertz CT molecular complexity index is 2840. The summed E-state index contributed by atoms with van der Waals surface area (Å²) in [5.41, 5.74) is -21.8. The molecule has 45 heavy (non-hydrogen) atoms. The Balaban J connectivity index is 0.000000405. The van der Waals surface area contributed by atoms with Gasteiger partial charge in [0.25, 0.3) is 0 Å². The van der Waals surface area contributed by atoms with Crippen molar-refractivity contribution in [3.63, 3.8) is 0 Å². The average Bonchev–Trinajstić information content (AvgIpc) is 3.88. The van der Waals surface area contributed by atoms with Crippen molar-refractivity contribution in [2.75, 3.05) is 0 Å². The lowest BCUT2D eigenvalue weighted by Gasteiger charge is -2.23. The summed E-state index contributed by atoms with van der Waals surface area (Å²) in [4.78, 5) is 7.16. The largest absolute Gasteiger partial charge is 0.249 e. The van der Waals surface area contributed by atoms with Crippen molar-refractivity contribution in [1.29, 1.82) is 21.0 Å². The number of rotatable bonds is 8. The zero-order chi connectivity index (χ0) is 60.7. The molecule has 0 aliphatic carbocycles. The second-order valence-corrected chi connectivity index (χ2v) is 8.98. The monoisotopic (exact) mass is 633 g/mol. The van der Waals surface area contributed by atoms with Gasteiger partial charge in [-0.05, 0) is 95.1 Å². The molecule has 0 bridgehead atoms. The molecule has 0 saturated carbocycles. The van der Waals surface area contributed by atoms with E-state index in [0.29, 0.717) is 27.6 Å². The van der Waals surface area contributed by atoms with Gasteiger partial charge in [-0.25, -0.2) is 19.3 Å². The lowest BCUT2D eigenvalue weighted by atomic mass is 9.79. The number of hydrogen-bond acceptors (Lipinski definition) is 8. The van der Waals surface area contributed by atoms with Crippen molar-refractivity contribution in [3.05, 3.63) is 94.5 Å². The Kier molecular flexibility index (Phi) is 3.19. The maximum Gasteiger partial charge on any atom is 0.147 e. The number of nitriles is 4. The van der Waals surface area contributed by atoms with E-state index < -0.39 is 147 Å². The maximum absolute atomic E-state index is 9.98. The molecule has 0 saturated heterocycles. The SMILES string of the molecule is [2H]c1c(C([2H])([2H])n2cncn2)c([2H])c(C(C#N)(C([2H])([2H])[2H])C([2H])([2H])[2H])c([2H])c1C(C#N)(C([2H])([2H])[2H])C([2H])([2H])[2H].[2H]c1nc(C)nn1C([2H])([2H])c1cc(C(C#N)(C([2H])([2H])[2H])C([2H])([2H])[2H])cc(C(C#N)(C([2H])([2H])[2H])C([2H])([2H])[2H])c1. The molecule has 0 aliphatic heterocycles. The summed E-state index contributed by atoms with van der Waals surface area (Å²) in [6.45, 7) is -35.1. The lowest BCUT2D eigenvalue weighted by molar-refractivity contribution is 0.644. The van der Waals surface area contributed by atoms with Crippen LogP contribution in [0.4, 0.5) is 0 Å². The topological polar surface area (TPSA) is 157 Å². The zero-order valence-electron chi connectivity index (χ0n) is 54.9. The highest BCUT2D eigenvalue weighted by atomic mass is 15.3. The Hall–Kier alpha value is -5.32. The summed E-state index contributed by atoms with van der Waals surface area (Å²) in [5.74, 6) is -0.0667. The van der Waals surface area contributed by atoms with Gasteiger partial charge < -0.3 is 0 Å². The van der Waals surface area contributed by atoms with Crippen LogP contribution in [-0.2, 0) is 34.7 Å². The van der Waals surface area contributed by atoms with Crippen LogP contribution < -0.4 is 0 Å². The van der Waals surface area contributed by atoms with E-state index in [4.69, 9.17) is 43.9 Å². The standard InChI is InChI=1S/C18H21N5.C17H19N5/c1-13-21-12-23(22-13)9-14-6-15(17(2,3)10-19)8-16(7-14)18(4,5)11-20;1-16(2,9-18)14-5-13(8-22-12-20-11-21-22)6-15(7-14)17(3,4)10-19/h6-8,12H,9H2,1-5H3;5-7,11-12H,8H2,1-4H3/i2D3,3D3,4D3,5D3,9D2,12D;1D3,2D3,3D3,4D3,5D,6D,7D,8D2. The normalized spacial score (nSPS) is 25.1. The van der Waals surface area contributed by atoms with Crippen LogP contribution in [0, 0.1) is 52.2 Å². The molecule has 0 spiro atoms. The van der Waals surface area contributed by atoms with E-state index in [1.807, 2.05) is 0 Å². The second-order valence-electron chi connectivity index (χ2n) is 8.98. The Morgan fingerprint density at radius 2 is 1.20 bits per heavy atom. The van der Waals surface area contributed by atoms with Crippen molar-refractivity contribution in [2.45, 2.75) is 96.4 Å². The molecule has 4 aromatic rings. The Morgan fingerprint density at radius 1 is 0.711 bits per heavy atom. The fourth-order valence-corrected chi connectivity index (χ4v) is 3.13. The first-order valence-electron chi connectivity index (χ1n) is 27.9. The third-order valence-corrected chi connectivity index (χ3v) is 5.40. The number of nitrogens with zero attached hydrogens (tertiary/aromatic N) is 10. The van der Waals surface area contributed by atoms with Crippen molar-refractivity contribution < 1.29 is 43.9 Å². The number of aromatic nitrogens is 6. The molecular formula is C35H40N10. The molecule has 4 rings (SSSR count).